The van der Waals surface area contributed by atoms with Crippen molar-refractivity contribution in [1.82, 2.24) is 9.91 Å². The molecule has 2 heterocycles. The van der Waals surface area contributed by atoms with Crippen LogP contribution in [-0.4, -0.2) is 46.1 Å². The highest BCUT2D eigenvalue weighted by atomic mass is 16.6. The molecular formula is C30H32N4O3. The molecule has 1 atom stereocenters. The van der Waals surface area contributed by atoms with Gasteiger partial charge in [-0.25, -0.2) is 5.01 Å². The van der Waals surface area contributed by atoms with Crippen LogP contribution in [0.2, 0.25) is 0 Å². The Morgan fingerprint density at radius 1 is 0.919 bits per heavy atom. The highest BCUT2D eigenvalue weighted by molar-refractivity contribution is 6.03. The molecule has 1 fully saturated rings. The molecule has 1 unspecified atom stereocenters. The number of nitrogens with zero attached hydrogens (tertiary/aromatic N) is 4. The van der Waals surface area contributed by atoms with E-state index in [4.69, 9.17) is 5.10 Å². The summed E-state index contributed by atoms with van der Waals surface area (Å²) in [5.74, 6) is 0.578. The molecule has 3 aromatic carbocycles. The van der Waals surface area contributed by atoms with E-state index in [-0.39, 0.29) is 16.5 Å². The molecule has 0 aromatic heterocycles. The fraction of sp³-hybridized carbons (Fsp3) is 0.333. The topological polar surface area (TPSA) is 79.0 Å². The number of rotatable bonds is 8. The molecule has 1 amide bonds. The standard InChI is InChI=1S/C30H32N4O3/c35-30(17-20-32-18-15-24(16-19-32)21-23-9-3-1-4-10-23)33-29(26-13-7-8-14-28(26)34(36)37)22-27(31-33)25-11-5-2-6-12-25/h1-14,24,29H,15-22H2. The molecule has 0 saturated carbocycles. The predicted octanol–water partition coefficient (Wildman–Crippen LogP) is 5.62. The van der Waals surface area contributed by atoms with Crippen molar-refractivity contribution < 1.29 is 9.72 Å². The van der Waals surface area contributed by atoms with Gasteiger partial charge < -0.3 is 4.90 Å². The van der Waals surface area contributed by atoms with Gasteiger partial charge in [-0.3, -0.25) is 14.9 Å². The minimum absolute atomic E-state index is 0.0234. The smallest absolute Gasteiger partial charge is 0.274 e. The Kier molecular flexibility index (Phi) is 7.70. The van der Waals surface area contributed by atoms with E-state index in [9.17, 15) is 14.9 Å². The van der Waals surface area contributed by atoms with E-state index in [1.54, 1.807) is 18.2 Å². The summed E-state index contributed by atoms with van der Waals surface area (Å²) in [5.41, 5.74) is 3.64. The van der Waals surface area contributed by atoms with Gasteiger partial charge >= 0.3 is 0 Å². The summed E-state index contributed by atoms with van der Waals surface area (Å²) in [7, 11) is 0. The van der Waals surface area contributed by atoms with Crippen LogP contribution in [0.3, 0.4) is 0 Å². The van der Waals surface area contributed by atoms with Crippen LogP contribution in [0.1, 0.15) is 48.4 Å². The van der Waals surface area contributed by atoms with Crippen LogP contribution in [0.15, 0.2) is 90.0 Å². The third-order valence-electron chi connectivity index (χ3n) is 7.48. The van der Waals surface area contributed by atoms with Crippen molar-refractivity contribution in [3.8, 4) is 0 Å². The van der Waals surface area contributed by atoms with E-state index in [1.165, 1.54) is 16.6 Å². The number of hydrogen-bond acceptors (Lipinski definition) is 5. The van der Waals surface area contributed by atoms with E-state index >= 15 is 0 Å². The summed E-state index contributed by atoms with van der Waals surface area (Å²) < 4.78 is 0. The minimum Gasteiger partial charge on any atom is -0.303 e. The first-order chi connectivity index (χ1) is 18.1. The van der Waals surface area contributed by atoms with Crippen LogP contribution >= 0.6 is 0 Å². The van der Waals surface area contributed by atoms with Gasteiger partial charge in [0.15, 0.2) is 0 Å². The SMILES string of the molecule is O=C(CCN1CCC(Cc2ccccc2)CC1)N1N=C(c2ccccc2)CC1c1ccccc1[N+](=O)[O-]. The monoisotopic (exact) mass is 496 g/mol. The van der Waals surface area contributed by atoms with Crippen molar-refractivity contribution in [2.75, 3.05) is 19.6 Å². The lowest BCUT2D eigenvalue weighted by atomic mass is 9.90. The van der Waals surface area contributed by atoms with E-state index in [2.05, 4.69) is 35.2 Å². The third-order valence-corrected chi connectivity index (χ3v) is 7.48. The number of piperidine rings is 1. The zero-order valence-electron chi connectivity index (χ0n) is 20.9. The molecule has 0 aliphatic carbocycles. The number of benzene rings is 3. The molecule has 3 aromatic rings. The zero-order chi connectivity index (χ0) is 25.6. The first kappa shape index (κ1) is 24.8. The summed E-state index contributed by atoms with van der Waals surface area (Å²) in [6.45, 7) is 2.64. The zero-order valence-corrected chi connectivity index (χ0v) is 20.9. The molecule has 7 nitrogen and oxygen atoms in total. The summed E-state index contributed by atoms with van der Waals surface area (Å²) >= 11 is 0. The summed E-state index contributed by atoms with van der Waals surface area (Å²) in [6.07, 6.45) is 4.15. The highest BCUT2D eigenvalue weighted by Crippen LogP contribution is 2.37. The van der Waals surface area contributed by atoms with E-state index in [0.717, 1.165) is 43.6 Å². The van der Waals surface area contributed by atoms with Gasteiger partial charge in [0.1, 0.15) is 0 Å². The van der Waals surface area contributed by atoms with Gasteiger partial charge in [0.25, 0.3) is 5.69 Å². The fourth-order valence-electron chi connectivity index (χ4n) is 5.45. The molecule has 5 rings (SSSR count). The van der Waals surface area contributed by atoms with Gasteiger partial charge in [0.2, 0.25) is 5.91 Å². The molecule has 37 heavy (non-hydrogen) atoms. The Labute approximate surface area is 217 Å². The largest absolute Gasteiger partial charge is 0.303 e. The lowest BCUT2D eigenvalue weighted by molar-refractivity contribution is -0.385. The number of amides is 1. The summed E-state index contributed by atoms with van der Waals surface area (Å²) in [5, 5.41) is 17.9. The molecular weight excluding hydrogens is 464 g/mol. The predicted molar refractivity (Wildman–Crippen MR) is 144 cm³/mol. The molecule has 2 aliphatic heterocycles. The van der Waals surface area contributed by atoms with Gasteiger partial charge in [0.05, 0.1) is 22.2 Å². The number of nitro groups is 1. The van der Waals surface area contributed by atoms with E-state index < -0.39 is 6.04 Å². The average molecular weight is 497 g/mol. The van der Waals surface area contributed by atoms with Crippen molar-refractivity contribution in [2.24, 2.45) is 11.0 Å². The number of hydrazone groups is 1. The second-order valence-electron chi connectivity index (χ2n) is 9.91. The van der Waals surface area contributed by atoms with Crippen LogP contribution in [0.25, 0.3) is 0 Å². The van der Waals surface area contributed by atoms with Crippen molar-refractivity contribution >= 4 is 17.3 Å². The highest BCUT2D eigenvalue weighted by Gasteiger charge is 2.36. The van der Waals surface area contributed by atoms with E-state index in [0.29, 0.717) is 30.9 Å². The van der Waals surface area contributed by atoms with Gasteiger partial charge in [-0.05, 0) is 55.5 Å². The lowest BCUT2D eigenvalue weighted by Crippen LogP contribution is -2.37. The Balaban J connectivity index is 1.25. The average Bonchev–Trinajstić information content (AvgIpc) is 3.39. The number of nitro benzene ring substituents is 1. The van der Waals surface area contributed by atoms with Crippen molar-refractivity contribution in [3.05, 3.63) is 112 Å². The Hall–Kier alpha value is -3.84. The fourth-order valence-corrected chi connectivity index (χ4v) is 5.45. The van der Waals surface area contributed by atoms with Gasteiger partial charge in [-0.2, -0.15) is 5.10 Å². The number of para-hydroxylation sites is 1. The number of hydrogen-bond donors (Lipinski definition) is 0. The van der Waals surface area contributed by atoms with Crippen molar-refractivity contribution in [2.45, 2.75) is 38.1 Å². The van der Waals surface area contributed by atoms with Gasteiger partial charge in [-0.1, -0.05) is 72.8 Å². The molecule has 190 valence electrons. The lowest BCUT2D eigenvalue weighted by Gasteiger charge is -2.32. The molecule has 0 N–H and O–H groups in total. The quantitative estimate of drug-likeness (QED) is 0.300. The molecule has 0 spiro atoms. The first-order valence-corrected chi connectivity index (χ1v) is 13.0. The molecule has 0 bridgehead atoms. The Morgan fingerprint density at radius 2 is 1.57 bits per heavy atom. The normalized spacial score (nSPS) is 18.5. The summed E-state index contributed by atoms with van der Waals surface area (Å²) in [6, 6.07) is 26.5. The van der Waals surface area contributed by atoms with Crippen LogP contribution in [0.5, 0.6) is 0 Å². The van der Waals surface area contributed by atoms with Crippen LogP contribution in [0, 0.1) is 16.0 Å². The molecule has 2 aliphatic rings. The van der Waals surface area contributed by atoms with Crippen LogP contribution < -0.4 is 0 Å². The maximum Gasteiger partial charge on any atom is 0.274 e. The number of carbonyl (C=O) groups excluding carboxylic acids is 1. The van der Waals surface area contributed by atoms with Crippen molar-refractivity contribution in [3.63, 3.8) is 0 Å². The van der Waals surface area contributed by atoms with Gasteiger partial charge in [0, 0.05) is 25.5 Å². The number of carbonyl (C=O) groups is 1. The Bertz CT molecular complexity index is 1250. The Morgan fingerprint density at radius 3 is 2.27 bits per heavy atom. The minimum atomic E-state index is -0.485. The molecule has 7 heteroatoms. The summed E-state index contributed by atoms with van der Waals surface area (Å²) in [4.78, 5) is 27.2. The molecule has 0 radical (unpaired) electrons. The van der Waals surface area contributed by atoms with Crippen molar-refractivity contribution in [1.29, 1.82) is 0 Å². The second kappa shape index (κ2) is 11.5. The second-order valence-corrected chi connectivity index (χ2v) is 9.91. The van der Waals surface area contributed by atoms with Crippen LogP contribution in [0.4, 0.5) is 5.69 Å². The number of likely N-dealkylation sites (tertiary alicyclic amines) is 1. The first-order valence-electron chi connectivity index (χ1n) is 13.0. The van der Waals surface area contributed by atoms with E-state index in [1.807, 2.05) is 30.3 Å². The van der Waals surface area contributed by atoms with Gasteiger partial charge in [-0.15, -0.1) is 0 Å². The third kappa shape index (κ3) is 5.94. The maximum atomic E-state index is 13.5. The molecule has 1 saturated heterocycles. The maximum absolute atomic E-state index is 13.5. The van der Waals surface area contributed by atoms with Crippen LogP contribution in [-0.2, 0) is 11.2 Å².